The summed E-state index contributed by atoms with van der Waals surface area (Å²) in [6.07, 6.45) is -3.25. The molecule has 1 heterocycles. The van der Waals surface area contributed by atoms with Gasteiger partial charge >= 0.3 is 6.18 Å². The maximum absolute atomic E-state index is 13.1. The van der Waals surface area contributed by atoms with Crippen LogP contribution in [0.4, 0.5) is 18.9 Å². The molecule has 1 saturated heterocycles. The number of rotatable bonds is 7. The fourth-order valence-electron chi connectivity index (χ4n) is 3.47. The molecule has 12 heteroatoms. The monoisotopic (exact) mass is 471 g/mol. The predicted molar refractivity (Wildman–Crippen MR) is 108 cm³/mol. The predicted octanol–water partition coefficient (Wildman–Crippen LogP) is 3.58. The molecule has 0 aliphatic carbocycles. The number of nitro groups is 1. The fourth-order valence-corrected chi connectivity index (χ4v) is 4.99. The lowest BCUT2D eigenvalue weighted by Gasteiger charge is -2.24. The Bertz CT molecular complexity index is 1100. The Kier molecular flexibility index (Phi) is 6.84. The molecule has 1 amide bonds. The number of amides is 1. The molecule has 2 aromatic carbocycles. The van der Waals surface area contributed by atoms with Gasteiger partial charge in [-0.2, -0.15) is 17.5 Å². The number of halogens is 3. The second-order valence-corrected chi connectivity index (χ2v) is 9.24. The smallest absolute Gasteiger partial charge is 0.325 e. The molecular weight excluding hydrogens is 451 g/mol. The van der Waals surface area contributed by atoms with Crippen molar-refractivity contribution in [2.75, 3.05) is 19.6 Å². The van der Waals surface area contributed by atoms with Crippen LogP contribution in [0.3, 0.4) is 0 Å². The van der Waals surface area contributed by atoms with Crippen molar-refractivity contribution in [3.05, 3.63) is 69.8 Å². The molecule has 0 aromatic heterocycles. The van der Waals surface area contributed by atoms with Crippen LogP contribution in [-0.2, 0) is 16.6 Å². The van der Waals surface area contributed by atoms with Crippen molar-refractivity contribution in [2.24, 2.45) is 0 Å². The summed E-state index contributed by atoms with van der Waals surface area (Å²) in [5.41, 5.74) is -0.615. The molecule has 0 bridgehead atoms. The summed E-state index contributed by atoms with van der Waals surface area (Å²) < 4.78 is 65.9. The standard InChI is InChI=1S/C20H20F3N3O5S/c21-20(22,23)14-24(13-16-5-1-2-6-18(16)26(28)29)19(27)15-7-9-17(10-8-15)32(30,31)25-11-3-4-12-25/h1-2,5-10H,3-4,11-14H2. The van der Waals surface area contributed by atoms with E-state index in [2.05, 4.69) is 0 Å². The Morgan fingerprint density at radius 3 is 2.22 bits per heavy atom. The lowest BCUT2D eigenvalue weighted by Crippen LogP contribution is -2.38. The van der Waals surface area contributed by atoms with Gasteiger partial charge in [-0.1, -0.05) is 18.2 Å². The minimum Gasteiger partial charge on any atom is -0.325 e. The zero-order valence-corrected chi connectivity index (χ0v) is 17.6. The van der Waals surface area contributed by atoms with Crippen LogP contribution in [0.1, 0.15) is 28.8 Å². The van der Waals surface area contributed by atoms with Crippen LogP contribution in [0.25, 0.3) is 0 Å². The first kappa shape index (κ1) is 23.7. The van der Waals surface area contributed by atoms with Gasteiger partial charge in [0.2, 0.25) is 10.0 Å². The number of hydrogen-bond donors (Lipinski definition) is 0. The molecule has 0 radical (unpaired) electrons. The molecule has 0 spiro atoms. The van der Waals surface area contributed by atoms with Gasteiger partial charge < -0.3 is 4.90 Å². The van der Waals surface area contributed by atoms with Crippen molar-refractivity contribution >= 4 is 21.6 Å². The Morgan fingerprint density at radius 1 is 1.06 bits per heavy atom. The number of hydrogen-bond acceptors (Lipinski definition) is 5. The first-order valence-corrected chi connectivity index (χ1v) is 11.1. The Hall–Kier alpha value is -2.99. The van der Waals surface area contributed by atoms with Gasteiger partial charge in [-0.15, -0.1) is 0 Å². The Balaban J connectivity index is 1.87. The summed E-state index contributed by atoms with van der Waals surface area (Å²) in [4.78, 5) is 23.7. The third kappa shape index (κ3) is 5.43. The summed E-state index contributed by atoms with van der Waals surface area (Å²) in [6.45, 7) is -1.48. The topological polar surface area (TPSA) is 101 Å². The molecule has 0 N–H and O–H groups in total. The highest BCUT2D eigenvalue weighted by Crippen LogP contribution is 2.25. The second-order valence-electron chi connectivity index (χ2n) is 7.30. The largest absolute Gasteiger partial charge is 0.406 e. The number of sulfonamides is 1. The maximum Gasteiger partial charge on any atom is 0.406 e. The normalized spacial score (nSPS) is 15.0. The highest BCUT2D eigenvalue weighted by atomic mass is 32.2. The molecule has 1 aliphatic rings. The van der Waals surface area contributed by atoms with Crippen LogP contribution < -0.4 is 0 Å². The minimum atomic E-state index is -4.74. The van der Waals surface area contributed by atoms with Crippen LogP contribution in [0.2, 0.25) is 0 Å². The average Bonchev–Trinajstić information content (AvgIpc) is 3.28. The third-order valence-electron chi connectivity index (χ3n) is 5.01. The second kappa shape index (κ2) is 9.25. The van der Waals surface area contributed by atoms with Gasteiger partial charge in [0.15, 0.2) is 0 Å². The highest BCUT2D eigenvalue weighted by Gasteiger charge is 2.34. The van der Waals surface area contributed by atoms with E-state index in [9.17, 15) is 36.5 Å². The average molecular weight is 471 g/mol. The minimum absolute atomic E-state index is 0.0525. The maximum atomic E-state index is 13.1. The number of alkyl halides is 3. The highest BCUT2D eigenvalue weighted by molar-refractivity contribution is 7.89. The quantitative estimate of drug-likeness (QED) is 0.454. The summed E-state index contributed by atoms with van der Waals surface area (Å²) in [5, 5.41) is 11.2. The molecular formula is C20H20F3N3O5S. The van der Waals surface area contributed by atoms with E-state index >= 15 is 0 Å². The summed E-state index contributed by atoms with van der Waals surface area (Å²) in [7, 11) is -3.74. The van der Waals surface area contributed by atoms with Crippen LogP contribution >= 0.6 is 0 Å². The number of nitrogens with zero attached hydrogens (tertiary/aromatic N) is 3. The van der Waals surface area contributed by atoms with E-state index in [4.69, 9.17) is 0 Å². The number of benzene rings is 2. The summed E-state index contributed by atoms with van der Waals surface area (Å²) >= 11 is 0. The van der Waals surface area contributed by atoms with Crippen LogP contribution in [0.15, 0.2) is 53.4 Å². The van der Waals surface area contributed by atoms with Crippen molar-refractivity contribution in [2.45, 2.75) is 30.5 Å². The number of carbonyl (C=O) groups excluding carboxylic acids is 1. The van der Waals surface area contributed by atoms with Crippen molar-refractivity contribution < 1.29 is 31.3 Å². The zero-order valence-electron chi connectivity index (χ0n) is 16.8. The van der Waals surface area contributed by atoms with Crippen molar-refractivity contribution in [3.63, 3.8) is 0 Å². The van der Waals surface area contributed by atoms with E-state index in [0.717, 1.165) is 31.0 Å². The Morgan fingerprint density at radius 2 is 1.66 bits per heavy atom. The van der Waals surface area contributed by atoms with Crippen LogP contribution in [0.5, 0.6) is 0 Å². The van der Waals surface area contributed by atoms with Gasteiger partial charge in [-0.3, -0.25) is 14.9 Å². The molecule has 0 saturated carbocycles. The summed E-state index contributed by atoms with van der Waals surface area (Å²) in [6, 6.07) is 9.87. The Labute approximate surface area is 182 Å². The van der Waals surface area contributed by atoms with E-state index in [-0.39, 0.29) is 16.0 Å². The van der Waals surface area contributed by atoms with E-state index < -0.39 is 45.8 Å². The third-order valence-corrected chi connectivity index (χ3v) is 6.92. The van der Waals surface area contributed by atoms with Gasteiger partial charge in [-0.25, -0.2) is 8.42 Å². The van der Waals surface area contributed by atoms with Crippen LogP contribution in [0, 0.1) is 10.1 Å². The molecule has 8 nitrogen and oxygen atoms in total. The van der Waals surface area contributed by atoms with E-state index in [1.807, 2.05) is 0 Å². The van der Waals surface area contributed by atoms with Crippen molar-refractivity contribution in [1.82, 2.24) is 9.21 Å². The zero-order chi connectivity index (χ0) is 23.5. The number of nitro benzene ring substituents is 1. The van der Waals surface area contributed by atoms with Gasteiger partial charge in [-0.05, 0) is 37.1 Å². The van der Waals surface area contributed by atoms with Gasteiger partial charge in [0.1, 0.15) is 6.54 Å². The van der Waals surface area contributed by atoms with E-state index in [1.54, 1.807) is 0 Å². The number of carbonyl (C=O) groups is 1. The fraction of sp³-hybridized carbons (Fsp3) is 0.350. The number of para-hydroxylation sites is 1. The SMILES string of the molecule is O=C(c1ccc(S(=O)(=O)N2CCCC2)cc1)N(Cc1ccccc1[N+](=O)[O-])CC(F)(F)F. The van der Waals surface area contributed by atoms with Crippen molar-refractivity contribution in [1.29, 1.82) is 0 Å². The first-order valence-electron chi connectivity index (χ1n) is 9.67. The van der Waals surface area contributed by atoms with Gasteiger partial charge in [0, 0.05) is 30.3 Å². The van der Waals surface area contributed by atoms with Gasteiger partial charge in [0.05, 0.1) is 16.4 Å². The lowest BCUT2D eigenvalue weighted by atomic mass is 10.1. The molecule has 32 heavy (non-hydrogen) atoms. The molecule has 2 aromatic rings. The van der Waals surface area contributed by atoms with Crippen LogP contribution in [-0.4, -0.2) is 54.3 Å². The van der Waals surface area contributed by atoms with E-state index in [0.29, 0.717) is 18.0 Å². The van der Waals surface area contributed by atoms with Gasteiger partial charge in [0.25, 0.3) is 11.6 Å². The van der Waals surface area contributed by atoms with E-state index in [1.165, 1.54) is 34.6 Å². The lowest BCUT2D eigenvalue weighted by molar-refractivity contribution is -0.385. The molecule has 1 fully saturated rings. The summed E-state index contributed by atoms with van der Waals surface area (Å²) in [5.74, 6) is -1.02. The molecule has 172 valence electrons. The van der Waals surface area contributed by atoms with Crippen molar-refractivity contribution in [3.8, 4) is 0 Å². The molecule has 1 aliphatic heterocycles. The molecule has 0 unspecified atom stereocenters. The first-order chi connectivity index (χ1) is 15.0. The molecule has 0 atom stereocenters. The molecule has 3 rings (SSSR count).